The van der Waals surface area contributed by atoms with Gasteiger partial charge in [0.1, 0.15) is 0 Å². The summed E-state index contributed by atoms with van der Waals surface area (Å²) in [6, 6.07) is 9.46. The molecule has 0 unspecified atom stereocenters. The molecule has 1 atom stereocenters. The van der Waals surface area contributed by atoms with E-state index in [1.54, 1.807) is 11.9 Å². The van der Waals surface area contributed by atoms with E-state index in [1.165, 1.54) is 0 Å². The number of benzene rings is 1. The van der Waals surface area contributed by atoms with Gasteiger partial charge in [0.25, 0.3) is 0 Å². The van der Waals surface area contributed by atoms with Crippen LogP contribution in [0.25, 0.3) is 0 Å². The number of sulfone groups is 1. The summed E-state index contributed by atoms with van der Waals surface area (Å²) in [4.78, 5) is 15.7. The van der Waals surface area contributed by atoms with Crippen molar-refractivity contribution in [3.8, 4) is 0 Å². The van der Waals surface area contributed by atoms with E-state index in [2.05, 4.69) is 0 Å². The Hall–Kier alpha value is -1.56. The van der Waals surface area contributed by atoms with Gasteiger partial charge in [0.2, 0.25) is 5.91 Å². The third kappa shape index (κ3) is 3.50. The quantitative estimate of drug-likeness (QED) is 0.823. The molecule has 1 aliphatic rings. The molecule has 110 valence electrons. The van der Waals surface area contributed by atoms with E-state index in [0.717, 1.165) is 5.69 Å². The normalized spacial score (nSPS) is 20.6. The first-order valence-corrected chi connectivity index (χ1v) is 8.43. The molecule has 1 saturated heterocycles. The molecule has 2 rings (SSSR count). The summed E-state index contributed by atoms with van der Waals surface area (Å²) in [5.74, 6) is 0.215. The third-order valence-corrected chi connectivity index (χ3v) is 5.47. The molecule has 1 aromatic rings. The highest BCUT2D eigenvalue weighted by Gasteiger charge is 2.32. The highest BCUT2D eigenvalue weighted by molar-refractivity contribution is 7.91. The molecule has 1 fully saturated rings. The molecular weight excluding hydrogens is 276 g/mol. The number of para-hydroxylation sites is 1. The van der Waals surface area contributed by atoms with Gasteiger partial charge in [-0.25, -0.2) is 8.42 Å². The Labute approximate surface area is 120 Å². The highest BCUT2D eigenvalue weighted by Crippen LogP contribution is 2.17. The highest BCUT2D eigenvalue weighted by atomic mass is 32.2. The molecule has 0 spiro atoms. The van der Waals surface area contributed by atoms with Gasteiger partial charge in [-0.15, -0.1) is 0 Å². The number of hydrogen-bond donors (Lipinski definition) is 0. The fourth-order valence-corrected chi connectivity index (χ4v) is 4.15. The Morgan fingerprint density at radius 2 is 1.90 bits per heavy atom. The first-order chi connectivity index (χ1) is 9.39. The van der Waals surface area contributed by atoms with Crippen LogP contribution >= 0.6 is 0 Å². The molecule has 0 radical (unpaired) electrons. The molecule has 0 aromatic heterocycles. The fraction of sp³-hybridized carbons (Fsp3) is 0.500. The number of anilines is 1. The number of rotatable bonds is 4. The van der Waals surface area contributed by atoms with Crippen LogP contribution in [0.5, 0.6) is 0 Å². The second-order valence-corrected chi connectivity index (χ2v) is 7.48. The van der Waals surface area contributed by atoms with Gasteiger partial charge >= 0.3 is 0 Å². The van der Waals surface area contributed by atoms with Crippen LogP contribution in [0.2, 0.25) is 0 Å². The maximum Gasteiger partial charge on any atom is 0.242 e. The zero-order valence-corrected chi connectivity index (χ0v) is 12.6. The lowest BCUT2D eigenvalue weighted by atomic mass is 10.2. The molecule has 20 heavy (non-hydrogen) atoms. The molecule has 1 aliphatic heterocycles. The molecule has 0 bridgehead atoms. The first kappa shape index (κ1) is 14.8. The molecule has 0 saturated carbocycles. The van der Waals surface area contributed by atoms with E-state index in [4.69, 9.17) is 0 Å². The van der Waals surface area contributed by atoms with E-state index >= 15 is 0 Å². The lowest BCUT2D eigenvalue weighted by Crippen LogP contribution is -2.43. The Balaban J connectivity index is 1.95. The van der Waals surface area contributed by atoms with E-state index in [9.17, 15) is 13.2 Å². The average molecular weight is 296 g/mol. The van der Waals surface area contributed by atoms with Crippen LogP contribution in [-0.4, -0.2) is 57.4 Å². The standard InChI is InChI=1S/C14H20N2O3S/c1-15(12-6-4-3-5-7-12)10-14(17)16(2)13-8-9-20(18,19)11-13/h3-7,13H,8-11H2,1-2H3/t13-/m0/s1. The van der Waals surface area contributed by atoms with Crippen molar-refractivity contribution in [1.82, 2.24) is 4.90 Å². The molecular formula is C14H20N2O3S. The number of hydrogen-bond acceptors (Lipinski definition) is 4. The van der Waals surface area contributed by atoms with Gasteiger partial charge < -0.3 is 9.80 Å². The summed E-state index contributed by atoms with van der Waals surface area (Å²) in [7, 11) is 0.579. The molecule has 1 aromatic carbocycles. The largest absolute Gasteiger partial charge is 0.365 e. The summed E-state index contributed by atoms with van der Waals surface area (Å²) in [5.41, 5.74) is 0.966. The summed E-state index contributed by atoms with van der Waals surface area (Å²) in [6.45, 7) is 0.247. The van der Waals surface area contributed by atoms with Gasteiger partial charge in [0.05, 0.1) is 18.1 Å². The monoisotopic (exact) mass is 296 g/mol. The Kier molecular flexibility index (Phi) is 4.32. The zero-order chi connectivity index (χ0) is 14.8. The van der Waals surface area contributed by atoms with Crippen LogP contribution < -0.4 is 4.90 Å². The van der Waals surface area contributed by atoms with Crippen molar-refractivity contribution >= 4 is 21.4 Å². The molecule has 1 amide bonds. The van der Waals surface area contributed by atoms with Crippen molar-refractivity contribution in [2.45, 2.75) is 12.5 Å². The lowest BCUT2D eigenvalue weighted by Gasteiger charge is -2.27. The van der Waals surface area contributed by atoms with Crippen molar-refractivity contribution in [3.05, 3.63) is 30.3 Å². The van der Waals surface area contributed by atoms with Crippen molar-refractivity contribution in [1.29, 1.82) is 0 Å². The van der Waals surface area contributed by atoms with Crippen LogP contribution in [0.15, 0.2) is 30.3 Å². The predicted octanol–water partition coefficient (Wildman–Crippen LogP) is 0.768. The second kappa shape index (κ2) is 5.83. The van der Waals surface area contributed by atoms with Crippen LogP contribution in [0.4, 0.5) is 5.69 Å². The molecule has 0 N–H and O–H groups in total. The molecule has 0 aliphatic carbocycles. The number of amides is 1. The molecule has 1 heterocycles. The number of carbonyl (C=O) groups excluding carboxylic acids is 1. The van der Waals surface area contributed by atoms with Crippen molar-refractivity contribution in [2.75, 3.05) is 37.0 Å². The van der Waals surface area contributed by atoms with Gasteiger partial charge in [-0.3, -0.25) is 4.79 Å². The summed E-state index contributed by atoms with van der Waals surface area (Å²) < 4.78 is 22.9. The average Bonchev–Trinajstić information content (AvgIpc) is 2.79. The van der Waals surface area contributed by atoms with Crippen LogP contribution in [-0.2, 0) is 14.6 Å². The first-order valence-electron chi connectivity index (χ1n) is 6.61. The minimum absolute atomic E-state index is 0.0570. The van der Waals surface area contributed by atoms with Gasteiger partial charge in [0.15, 0.2) is 9.84 Å². The Bertz CT molecular complexity index is 571. The van der Waals surface area contributed by atoms with Crippen molar-refractivity contribution < 1.29 is 13.2 Å². The minimum atomic E-state index is -2.96. The van der Waals surface area contributed by atoms with Gasteiger partial charge in [-0.2, -0.15) is 0 Å². The van der Waals surface area contributed by atoms with E-state index < -0.39 is 9.84 Å². The van der Waals surface area contributed by atoms with E-state index in [0.29, 0.717) is 6.42 Å². The fourth-order valence-electron chi connectivity index (χ4n) is 2.37. The number of carbonyl (C=O) groups is 1. The summed E-state index contributed by atoms with van der Waals surface area (Å²) >= 11 is 0. The smallest absolute Gasteiger partial charge is 0.242 e. The maximum absolute atomic E-state index is 12.2. The van der Waals surface area contributed by atoms with Crippen molar-refractivity contribution in [3.63, 3.8) is 0 Å². The van der Waals surface area contributed by atoms with Crippen LogP contribution in [0, 0.1) is 0 Å². The zero-order valence-electron chi connectivity index (χ0n) is 11.8. The van der Waals surface area contributed by atoms with Gasteiger partial charge in [-0.05, 0) is 18.6 Å². The number of nitrogens with zero attached hydrogens (tertiary/aromatic N) is 2. The summed E-state index contributed by atoms with van der Waals surface area (Å²) in [6.07, 6.45) is 0.541. The van der Waals surface area contributed by atoms with E-state index in [1.807, 2.05) is 42.3 Å². The van der Waals surface area contributed by atoms with Gasteiger partial charge in [0, 0.05) is 25.8 Å². The minimum Gasteiger partial charge on any atom is -0.365 e. The Morgan fingerprint density at radius 1 is 1.25 bits per heavy atom. The topological polar surface area (TPSA) is 57.7 Å². The SMILES string of the molecule is CN(CC(=O)N(C)[C@H]1CCS(=O)(=O)C1)c1ccccc1. The number of likely N-dealkylation sites (N-methyl/N-ethyl adjacent to an activating group) is 2. The predicted molar refractivity (Wildman–Crippen MR) is 79.5 cm³/mol. The van der Waals surface area contributed by atoms with Crippen molar-refractivity contribution in [2.24, 2.45) is 0 Å². The van der Waals surface area contributed by atoms with E-state index in [-0.39, 0.29) is 30.0 Å². The van der Waals surface area contributed by atoms with Crippen LogP contribution in [0.1, 0.15) is 6.42 Å². The van der Waals surface area contributed by atoms with Gasteiger partial charge in [-0.1, -0.05) is 18.2 Å². The third-order valence-electron chi connectivity index (χ3n) is 3.72. The Morgan fingerprint density at radius 3 is 2.45 bits per heavy atom. The lowest BCUT2D eigenvalue weighted by molar-refractivity contribution is -0.130. The molecule has 5 nitrogen and oxygen atoms in total. The molecule has 6 heteroatoms. The maximum atomic E-state index is 12.2. The summed E-state index contributed by atoms with van der Waals surface area (Å²) in [5, 5.41) is 0. The van der Waals surface area contributed by atoms with Crippen LogP contribution in [0.3, 0.4) is 0 Å². The second-order valence-electron chi connectivity index (χ2n) is 5.25.